The van der Waals surface area contributed by atoms with Crippen molar-refractivity contribution in [2.75, 3.05) is 24.6 Å². The Balaban J connectivity index is 2.94. The van der Waals surface area contributed by atoms with Crippen LogP contribution in [-0.4, -0.2) is 35.6 Å². The van der Waals surface area contributed by atoms with E-state index < -0.39 is 0 Å². The number of carbonyl (C=O) groups is 1. The monoisotopic (exact) mass is 267 g/mol. The number of likely N-dealkylation sites (N-methyl/N-ethyl adjacent to an activating group) is 1. The van der Waals surface area contributed by atoms with Gasteiger partial charge < -0.3 is 15.4 Å². The molecule has 1 aromatic heterocycles. The third-order valence-corrected chi connectivity index (χ3v) is 2.56. The molecule has 1 rings (SSSR count). The smallest absolute Gasteiger partial charge is 0.325 e. The SMILES string of the molecule is CCOC(=O)CN(CC)c1cccnc1C(N)=S. The minimum absolute atomic E-state index is 0.158. The number of thiocarbonyl (C=S) groups is 1. The molecule has 6 heteroatoms. The fraction of sp³-hybridized carbons (Fsp3) is 0.417. The summed E-state index contributed by atoms with van der Waals surface area (Å²) in [5.74, 6) is -0.280. The zero-order valence-corrected chi connectivity index (χ0v) is 11.4. The van der Waals surface area contributed by atoms with E-state index in [4.69, 9.17) is 22.7 Å². The maximum atomic E-state index is 11.5. The normalized spacial score (nSPS) is 9.89. The molecular weight excluding hydrogens is 250 g/mol. The van der Waals surface area contributed by atoms with E-state index in [1.165, 1.54) is 0 Å². The third-order valence-electron chi connectivity index (χ3n) is 2.37. The molecule has 0 atom stereocenters. The van der Waals surface area contributed by atoms with Gasteiger partial charge in [0.1, 0.15) is 17.2 Å². The molecule has 1 heterocycles. The number of nitrogens with two attached hydrogens (primary N) is 1. The number of carbonyl (C=O) groups excluding carboxylic acids is 1. The topological polar surface area (TPSA) is 68.5 Å². The summed E-state index contributed by atoms with van der Waals surface area (Å²) >= 11 is 4.95. The molecule has 1 aromatic rings. The lowest BCUT2D eigenvalue weighted by Crippen LogP contribution is -2.32. The molecule has 18 heavy (non-hydrogen) atoms. The summed E-state index contributed by atoms with van der Waals surface area (Å²) in [5.41, 5.74) is 6.90. The second kappa shape index (κ2) is 6.90. The van der Waals surface area contributed by atoms with Crippen molar-refractivity contribution in [3.63, 3.8) is 0 Å². The lowest BCUT2D eigenvalue weighted by molar-refractivity contribution is -0.141. The van der Waals surface area contributed by atoms with Crippen molar-refractivity contribution in [3.8, 4) is 0 Å². The summed E-state index contributed by atoms with van der Waals surface area (Å²) in [4.78, 5) is 17.7. The highest BCUT2D eigenvalue weighted by Gasteiger charge is 2.15. The van der Waals surface area contributed by atoms with E-state index in [1.807, 2.05) is 17.9 Å². The van der Waals surface area contributed by atoms with E-state index in [1.54, 1.807) is 19.2 Å². The average molecular weight is 267 g/mol. The number of esters is 1. The second-order valence-corrected chi connectivity index (χ2v) is 3.99. The van der Waals surface area contributed by atoms with Crippen LogP contribution in [0.5, 0.6) is 0 Å². The number of rotatable bonds is 6. The minimum Gasteiger partial charge on any atom is -0.465 e. The van der Waals surface area contributed by atoms with Gasteiger partial charge >= 0.3 is 5.97 Å². The molecule has 0 aromatic carbocycles. The quantitative estimate of drug-likeness (QED) is 0.615. The van der Waals surface area contributed by atoms with E-state index in [0.717, 1.165) is 5.69 Å². The Hall–Kier alpha value is -1.69. The molecule has 5 nitrogen and oxygen atoms in total. The fourth-order valence-electron chi connectivity index (χ4n) is 1.57. The lowest BCUT2D eigenvalue weighted by Gasteiger charge is -2.23. The van der Waals surface area contributed by atoms with Crippen LogP contribution in [0, 0.1) is 0 Å². The van der Waals surface area contributed by atoms with Gasteiger partial charge in [-0.15, -0.1) is 0 Å². The molecule has 0 fully saturated rings. The molecule has 98 valence electrons. The molecule has 0 saturated heterocycles. The molecule has 0 unspecified atom stereocenters. The average Bonchev–Trinajstić information content (AvgIpc) is 2.36. The van der Waals surface area contributed by atoms with Crippen molar-refractivity contribution in [1.82, 2.24) is 4.98 Å². The molecule has 0 aliphatic rings. The van der Waals surface area contributed by atoms with Crippen molar-refractivity contribution < 1.29 is 9.53 Å². The molecular formula is C12H17N3O2S. The predicted molar refractivity (Wildman–Crippen MR) is 74.6 cm³/mol. The van der Waals surface area contributed by atoms with Gasteiger partial charge in [-0.2, -0.15) is 0 Å². The van der Waals surface area contributed by atoms with Gasteiger partial charge in [0.2, 0.25) is 0 Å². The van der Waals surface area contributed by atoms with Gasteiger partial charge in [0.25, 0.3) is 0 Å². The number of anilines is 1. The fourth-order valence-corrected chi connectivity index (χ4v) is 1.73. The van der Waals surface area contributed by atoms with Crippen molar-refractivity contribution >= 4 is 28.9 Å². The van der Waals surface area contributed by atoms with Gasteiger partial charge in [0.15, 0.2) is 0 Å². The first-order valence-electron chi connectivity index (χ1n) is 5.75. The van der Waals surface area contributed by atoms with Crippen molar-refractivity contribution in [2.45, 2.75) is 13.8 Å². The van der Waals surface area contributed by atoms with E-state index in [9.17, 15) is 4.79 Å². The van der Waals surface area contributed by atoms with Crippen molar-refractivity contribution in [1.29, 1.82) is 0 Å². The van der Waals surface area contributed by atoms with Crippen LogP contribution in [0.2, 0.25) is 0 Å². The van der Waals surface area contributed by atoms with Crippen LogP contribution < -0.4 is 10.6 Å². The minimum atomic E-state index is -0.280. The highest BCUT2D eigenvalue weighted by Crippen LogP contribution is 2.17. The summed E-state index contributed by atoms with van der Waals surface area (Å²) in [6, 6.07) is 3.62. The molecule has 0 aliphatic carbocycles. The Labute approximate surface area is 112 Å². The molecule has 2 N–H and O–H groups in total. The van der Waals surface area contributed by atoms with Gasteiger partial charge in [0, 0.05) is 12.7 Å². The summed E-state index contributed by atoms with van der Waals surface area (Å²) in [6.07, 6.45) is 1.62. The largest absolute Gasteiger partial charge is 0.465 e. The number of hydrogen-bond donors (Lipinski definition) is 1. The Bertz CT molecular complexity index is 437. The lowest BCUT2D eigenvalue weighted by atomic mass is 10.2. The zero-order valence-electron chi connectivity index (χ0n) is 10.5. The van der Waals surface area contributed by atoms with Crippen LogP contribution in [0.4, 0.5) is 5.69 Å². The van der Waals surface area contributed by atoms with Crippen LogP contribution in [-0.2, 0) is 9.53 Å². The van der Waals surface area contributed by atoms with E-state index in [-0.39, 0.29) is 17.5 Å². The van der Waals surface area contributed by atoms with Gasteiger partial charge in [-0.25, -0.2) is 0 Å². The maximum Gasteiger partial charge on any atom is 0.325 e. The number of pyridine rings is 1. The highest BCUT2D eigenvalue weighted by atomic mass is 32.1. The van der Waals surface area contributed by atoms with E-state index >= 15 is 0 Å². The van der Waals surface area contributed by atoms with Gasteiger partial charge in [0.05, 0.1) is 12.3 Å². The van der Waals surface area contributed by atoms with Crippen LogP contribution in [0.25, 0.3) is 0 Å². The van der Waals surface area contributed by atoms with Gasteiger partial charge in [-0.05, 0) is 26.0 Å². The van der Waals surface area contributed by atoms with Crippen molar-refractivity contribution in [2.24, 2.45) is 5.73 Å². The van der Waals surface area contributed by atoms with Crippen LogP contribution >= 0.6 is 12.2 Å². The Morgan fingerprint density at radius 1 is 1.56 bits per heavy atom. The Kier molecular flexibility index (Phi) is 5.51. The Morgan fingerprint density at radius 2 is 2.28 bits per heavy atom. The Morgan fingerprint density at radius 3 is 2.83 bits per heavy atom. The standard InChI is InChI=1S/C12H17N3O2S/c1-3-15(8-10(16)17-4-2)9-6-5-7-14-11(9)12(13)18/h5-7H,3-4,8H2,1-2H3,(H2,13,18). The summed E-state index contributed by atoms with van der Waals surface area (Å²) in [7, 11) is 0. The number of ether oxygens (including phenoxy) is 1. The molecule has 0 amide bonds. The molecule has 0 aliphatic heterocycles. The molecule has 0 bridgehead atoms. The van der Waals surface area contributed by atoms with Crippen LogP contribution in [0.1, 0.15) is 19.5 Å². The second-order valence-electron chi connectivity index (χ2n) is 3.55. The van der Waals surface area contributed by atoms with E-state index in [0.29, 0.717) is 18.8 Å². The van der Waals surface area contributed by atoms with Gasteiger partial charge in [-0.3, -0.25) is 9.78 Å². The molecule has 0 saturated carbocycles. The first kappa shape index (κ1) is 14.4. The van der Waals surface area contributed by atoms with E-state index in [2.05, 4.69) is 4.98 Å². The highest BCUT2D eigenvalue weighted by molar-refractivity contribution is 7.80. The summed E-state index contributed by atoms with van der Waals surface area (Å²) in [6.45, 7) is 4.88. The zero-order chi connectivity index (χ0) is 13.5. The first-order chi connectivity index (χ1) is 8.60. The van der Waals surface area contributed by atoms with Gasteiger partial charge in [-0.1, -0.05) is 12.2 Å². The number of hydrogen-bond acceptors (Lipinski definition) is 5. The molecule has 0 radical (unpaired) electrons. The third kappa shape index (κ3) is 3.66. The number of aromatic nitrogens is 1. The first-order valence-corrected chi connectivity index (χ1v) is 6.16. The van der Waals surface area contributed by atoms with Crippen molar-refractivity contribution in [3.05, 3.63) is 24.0 Å². The van der Waals surface area contributed by atoms with Crippen LogP contribution in [0.15, 0.2) is 18.3 Å². The summed E-state index contributed by atoms with van der Waals surface area (Å²) < 4.78 is 4.93. The van der Waals surface area contributed by atoms with Crippen LogP contribution in [0.3, 0.4) is 0 Å². The maximum absolute atomic E-state index is 11.5. The summed E-state index contributed by atoms with van der Waals surface area (Å²) in [5, 5.41) is 0. The predicted octanol–water partition coefficient (Wildman–Crippen LogP) is 1.11. The molecule has 0 spiro atoms. The number of nitrogens with zero attached hydrogens (tertiary/aromatic N) is 2.